The van der Waals surface area contributed by atoms with E-state index in [0.29, 0.717) is 53.5 Å². The molecule has 138 valence electrons. The maximum Gasteiger partial charge on any atom is 0.262 e. The van der Waals surface area contributed by atoms with Crippen LogP contribution in [0.15, 0.2) is 36.4 Å². The molecule has 0 atom stereocenters. The van der Waals surface area contributed by atoms with E-state index < -0.39 is 11.7 Å². The molecule has 8 heteroatoms. The predicted molar refractivity (Wildman–Crippen MR) is 100 cm³/mol. The molecular weight excluding hydrogens is 382 g/mol. The SMILES string of the molecule is O=C(COc1ccc(Cl)c(Cl)c1)Nc1ccc(N2CCOCC2)c(F)c1. The summed E-state index contributed by atoms with van der Waals surface area (Å²) in [6.45, 7) is 2.19. The Balaban J connectivity index is 1.56. The molecule has 0 aliphatic carbocycles. The van der Waals surface area contributed by atoms with Gasteiger partial charge in [-0.05, 0) is 30.3 Å². The van der Waals surface area contributed by atoms with Crippen LogP contribution in [0, 0.1) is 5.82 Å². The summed E-state index contributed by atoms with van der Waals surface area (Å²) < 4.78 is 24.9. The lowest BCUT2D eigenvalue weighted by atomic mass is 10.2. The molecule has 26 heavy (non-hydrogen) atoms. The standard InChI is InChI=1S/C18H17Cl2FN2O3/c19-14-3-2-13(10-15(14)20)26-11-18(24)22-12-1-4-17(16(21)9-12)23-5-7-25-8-6-23/h1-4,9-10H,5-8,11H2,(H,22,24). The topological polar surface area (TPSA) is 50.8 Å². The fourth-order valence-corrected chi connectivity index (χ4v) is 2.85. The maximum absolute atomic E-state index is 14.3. The molecule has 0 spiro atoms. The van der Waals surface area contributed by atoms with Crippen molar-refractivity contribution in [1.29, 1.82) is 0 Å². The first-order chi connectivity index (χ1) is 12.5. The van der Waals surface area contributed by atoms with E-state index in [1.165, 1.54) is 12.1 Å². The quantitative estimate of drug-likeness (QED) is 0.827. The molecule has 1 amide bonds. The fourth-order valence-electron chi connectivity index (χ4n) is 2.56. The Morgan fingerprint density at radius 3 is 2.62 bits per heavy atom. The molecule has 0 bridgehead atoms. The Labute approximate surface area is 160 Å². The predicted octanol–water partition coefficient (Wildman–Crippen LogP) is 3.99. The summed E-state index contributed by atoms with van der Waals surface area (Å²) in [5.41, 5.74) is 0.862. The summed E-state index contributed by atoms with van der Waals surface area (Å²) >= 11 is 11.7. The van der Waals surface area contributed by atoms with E-state index in [9.17, 15) is 9.18 Å². The van der Waals surface area contributed by atoms with Crippen LogP contribution in [0.5, 0.6) is 5.75 Å². The van der Waals surface area contributed by atoms with Gasteiger partial charge in [-0.3, -0.25) is 4.79 Å². The average Bonchev–Trinajstić information content (AvgIpc) is 2.63. The Morgan fingerprint density at radius 2 is 1.92 bits per heavy atom. The lowest BCUT2D eigenvalue weighted by molar-refractivity contribution is -0.118. The zero-order valence-electron chi connectivity index (χ0n) is 13.8. The molecule has 2 aromatic carbocycles. The molecular formula is C18H17Cl2FN2O3. The van der Waals surface area contributed by atoms with E-state index >= 15 is 0 Å². The summed E-state index contributed by atoms with van der Waals surface area (Å²) in [6.07, 6.45) is 0. The number of nitrogens with one attached hydrogen (secondary N) is 1. The van der Waals surface area contributed by atoms with Gasteiger partial charge in [-0.25, -0.2) is 4.39 Å². The number of ether oxygens (including phenoxy) is 2. The van der Waals surface area contributed by atoms with Crippen LogP contribution in [0.3, 0.4) is 0 Å². The lowest BCUT2D eigenvalue weighted by Gasteiger charge is -2.29. The summed E-state index contributed by atoms with van der Waals surface area (Å²) in [7, 11) is 0. The molecule has 3 rings (SSSR count). The molecule has 1 fully saturated rings. The molecule has 1 saturated heterocycles. The van der Waals surface area contributed by atoms with Crippen LogP contribution in [0.2, 0.25) is 10.0 Å². The highest BCUT2D eigenvalue weighted by Crippen LogP contribution is 2.26. The van der Waals surface area contributed by atoms with E-state index in [0.717, 1.165) is 0 Å². The van der Waals surface area contributed by atoms with Crippen LogP contribution in [0.25, 0.3) is 0 Å². The zero-order valence-corrected chi connectivity index (χ0v) is 15.3. The molecule has 1 heterocycles. The van der Waals surface area contributed by atoms with Crippen molar-refractivity contribution in [3.8, 4) is 5.75 Å². The molecule has 1 aliphatic rings. The number of benzene rings is 2. The van der Waals surface area contributed by atoms with Crippen molar-refractivity contribution in [3.63, 3.8) is 0 Å². The third kappa shape index (κ3) is 4.78. The van der Waals surface area contributed by atoms with Crippen molar-refractivity contribution in [2.45, 2.75) is 0 Å². The van der Waals surface area contributed by atoms with Crippen molar-refractivity contribution in [1.82, 2.24) is 0 Å². The Kier molecular flexibility index (Phi) is 6.19. The number of hydrogen-bond acceptors (Lipinski definition) is 4. The minimum Gasteiger partial charge on any atom is -0.484 e. The van der Waals surface area contributed by atoms with Crippen LogP contribution >= 0.6 is 23.2 Å². The number of carbonyl (C=O) groups is 1. The average molecular weight is 399 g/mol. The summed E-state index contributed by atoms with van der Waals surface area (Å²) in [5.74, 6) is -0.381. The summed E-state index contributed by atoms with van der Waals surface area (Å²) in [4.78, 5) is 13.9. The van der Waals surface area contributed by atoms with Crippen molar-refractivity contribution in [3.05, 3.63) is 52.3 Å². The van der Waals surface area contributed by atoms with Gasteiger partial charge in [-0.15, -0.1) is 0 Å². The van der Waals surface area contributed by atoms with Crippen LogP contribution in [0.4, 0.5) is 15.8 Å². The lowest BCUT2D eigenvalue weighted by Crippen LogP contribution is -2.36. The molecule has 2 aromatic rings. The van der Waals surface area contributed by atoms with Gasteiger partial charge in [0.15, 0.2) is 6.61 Å². The molecule has 0 aromatic heterocycles. The van der Waals surface area contributed by atoms with Gasteiger partial charge in [0, 0.05) is 24.8 Å². The molecule has 5 nitrogen and oxygen atoms in total. The largest absolute Gasteiger partial charge is 0.484 e. The van der Waals surface area contributed by atoms with Gasteiger partial charge >= 0.3 is 0 Å². The van der Waals surface area contributed by atoms with Gasteiger partial charge < -0.3 is 19.7 Å². The number of halogens is 3. The first kappa shape index (κ1) is 18.8. The van der Waals surface area contributed by atoms with Gasteiger partial charge in [0.2, 0.25) is 0 Å². The zero-order chi connectivity index (χ0) is 18.5. The highest BCUT2D eigenvalue weighted by atomic mass is 35.5. The Morgan fingerprint density at radius 1 is 1.15 bits per heavy atom. The molecule has 0 radical (unpaired) electrons. The van der Waals surface area contributed by atoms with Crippen molar-refractivity contribution in [2.75, 3.05) is 43.1 Å². The van der Waals surface area contributed by atoms with Gasteiger partial charge in [-0.1, -0.05) is 23.2 Å². The van der Waals surface area contributed by atoms with Gasteiger partial charge in [0.25, 0.3) is 5.91 Å². The van der Waals surface area contributed by atoms with Crippen molar-refractivity contribution >= 4 is 40.5 Å². The second kappa shape index (κ2) is 8.58. The minimum absolute atomic E-state index is 0.231. The Hall–Kier alpha value is -2.02. The highest BCUT2D eigenvalue weighted by molar-refractivity contribution is 6.42. The van der Waals surface area contributed by atoms with E-state index in [-0.39, 0.29) is 6.61 Å². The number of anilines is 2. The van der Waals surface area contributed by atoms with Gasteiger partial charge in [0.05, 0.1) is 28.9 Å². The van der Waals surface area contributed by atoms with Crippen LogP contribution in [-0.4, -0.2) is 38.8 Å². The van der Waals surface area contributed by atoms with E-state index in [1.807, 2.05) is 4.90 Å². The monoisotopic (exact) mass is 398 g/mol. The second-order valence-electron chi connectivity index (χ2n) is 5.68. The number of morpholine rings is 1. The van der Waals surface area contributed by atoms with E-state index in [2.05, 4.69) is 5.32 Å². The Bertz CT molecular complexity index is 798. The third-order valence-corrected chi connectivity index (χ3v) is 4.58. The van der Waals surface area contributed by atoms with Crippen molar-refractivity contribution < 1.29 is 18.7 Å². The number of hydrogen-bond donors (Lipinski definition) is 1. The van der Waals surface area contributed by atoms with Crippen LogP contribution in [0.1, 0.15) is 0 Å². The number of rotatable bonds is 5. The maximum atomic E-state index is 14.3. The molecule has 1 N–H and O–H groups in total. The summed E-state index contributed by atoms with van der Waals surface area (Å²) in [5, 5.41) is 3.34. The van der Waals surface area contributed by atoms with Gasteiger partial charge in [-0.2, -0.15) is 0 Å². The fraction of sp³-hybridized carbons (Fsp3) is 0.278. The summed E-state index contributed by atoms with van der Waals surface area (Å²) in [6, 6.07) is 9.31. The van der Waals surface area contributed by atoms with E-state index in [1.54, 1.807) is 24.3 Å². The van der Waals surface area contributed by atoms with E-state index in [4.69, 9.17) is 32.7 Å². The smallest absolute Gasteiger partial charge is 0.262 e. The molecule has 0 saturated carbocycles. The van der Waals surface area contributed by atoms with Crippen LogP contribution in [-0.2, 0) is 9.53 Å². The highest BCUT2D eigenvalue weighted by Gasteiger charge is 2.16. The number of carbonyl (C=O) groups excluding carboxylic acids is 1. The first-order valence-corrected chi connectivity index (χ1v) is 8.78. The normalized spacial score (nSPS) is 14.2. The molecule has 1 aliphatic heterocycles. The third-order valence-electron chi connectivity index (χ3n) is 3.84. The molecule has 0 unspecified atom stereocenters. The second-order valence-corrected chi connectivity index (χ2v) is 6.49. The number of nitrogens with zero attached hydrogens (tertiary/aromatic N) is 1. The van der Waals surface area contributed by atoms with Crippen LogP contribution < -0.4 is 15.0 Å². The van der Waals surface area contributed by atoms with Gasteiger partial charge in [0.1, 0.15) is 11.6 Å². The number of amides is 1. The minimum atomic E-state index is -0.408. The first-order valence-electron chi connectivity index (χ1n) is 8.03. The van der Waals surface area contributed by atoms with Crippen molar-refractivity contribution in [2.24, 2.45) is 0 Å².